The smallest absolute Gasteiger partial charge is 0.145 e. The Kier molecular flexibility index (Phi) is 5.24. The second-order valence-corrected chi connectivity index (χ2v) is 5.62. The van der Waals surface area contributed by atoms with E-state index >= 15 is 0 Å². The quantitative estimate of drug-likeness (QED) is 0.893. The average molecular weight is 280 g/mol. The van der Waals surface area contributed by atoms with E-state index in [2.05, 4.69) is 24.1 Å². The third-order valence-electron chi connectivity index (χ3n) is 3.86. The van der Waals surface area contributed by atoms with Crippen LogP contribution in [-0.2, 0) is 0 Å². The van der Waals surface area contributed by atoms with Crippen molar-refractivity contribution in [3.05, 3.63) is 24.0 Å². The number of rotatable bonds is 5. The number of piperidine rings is 1. The van der Waals surface area contributed by atoms with Gasteiger partial charge in [0, 0.05) is 31.2 Å². The normalized spacial score (nSPS) is 17.4. The number of ether oxygens (including phenoxy) is 1. The topological polar surface area (TPSA) is 24.5 Å². The summed E-state index contributed by atoms with van der Waals surface area (Å²) >= 11 is 0. The predicted molar refractivity (Wildman–Crippen MR) is 80.9 cm³/mol. The molecule has 1 heterocycles. The second kappa shape index (κ2) is 6.93. The van der Waals surface area contributed by atoms with E-state index in [1.807, 2.05) is 6.92 Å². The summed E-state index contributed by atoms with van der Waals surface area (Å²) < 4.78 is 18.8. The molecule has 0 bridgehead atoms. The van der Waals surface area contributed by atoms with Crippen LogP contribution in [0.3, 0.4) is 0 Å². The van der Waals surface area contributed by atoms with Crippen molar-refractivity contribution in [2.24, 2.45) is 0 Å². The van der Waals surface area contributed by atoms with E-state index in [0.29, 0.717) is 24.4 Å². The van der Waals surface area contributed by atoms with Gasteiger partial charge < -0.3 is 15.0 Å². The molecule has 0 atom stereocenters. The lowest BCUT2D eigenvalue weighted by Gasteiger charge is -2.35. The molecule has 112 valence electrons. The van der Waals surface area contributed by atoms with Crippen LogP contribution in [0.15, 0.2) is 18.2 Å². The van der Waals surface area contributed by atoms with E-state index in [-0.39, 0.29) is 5.82 Å². The van der Waals surface area contributed by atoms with Crippen molar-refractivity contribution in [3.63, 3.8) is 0 Å². The minimum absolute atomic E-state index is 0.256. The molecule has 3 nitrogen and oxygen atoms in total. The first-order valence-electron chi connectivity index (χ1n) is 7.53. The molecule has 0 spiro atoms. The SMILES string of the molecule is CCOc1cc(F)ccc1NC1CCN(C(C)C)CC1. The summed E-state index contributed by atoms with van der Waals surface area (Å²) in [6.45, 7) is 9.16. The zero-order valence-corrected chi connectivity index (χ0v) is 12.7. The Hall–Kier alpha value is -1.29. The Morgan fingerprint density at radius 2 is 2.05 bits per heavy atom. The van der Waals surface area contributed by atoms with Crippen LogP contribution < -0.4 is 10.1 Å². The van der Waals surface area contributed by atoms with E-state index in [1.165, 1.54) is 12.1 Å². The molecule has 20 heavy (non-hydrogen) atoms. The lowest BCUT2D eigenvalue weighted by Crippen LogP contribution is -2.42. The molecule has 1 aliphatic heterocycles. The minimum atomic E-state index is -0.256. The van der Waals surface area contributed by atoms with Crippen molar-refractivity contribution in [3.8, 4) is 5.75 Å². The van der Waals surface area contributed by atoms with Gasteiger partial charge in [-0.1, -0.05) is 0 Å². The molecule has 0 radical (unpaired) electrons. The van der Waals surface area contributed by atoms with Crippen LogP contribution >= 0.6 is 0 Å². The molecule has 2 rings (SSSR count). The largest absolute Gasteiger partial charge is 0.492 e. The number of nitrogens with one attached hydrogen (secondary N) is 1. The van der Waals surface area contributed by atoms with Gasteiger partial charge >= 0.3 is 0 Å². The Morgan fingerprint density at radius 3 is 2.65 bits per heavy atom. The maximum atomic E-state index is 13.3. The fraction of sp³-hybridized carbons (Fsp3) is 0.625. The molecule has 1 aliphatic rings. The molecule has 1 aromatic carbocycles. The van der Waals surface area contributed by atoms with E-state index in [9.17, 15) is 4.39 Å². The molecule has 0 unspecified atom stereocenters. The zero-order chi connectivity index (χ0) is 14.5. The van der Waals surface area contributed by atoms with Gasteiger partial charge in [-0.2, -0.15) is 0 Å². The molecule has 0 amide bonds. The minimum Gasteiger partial charge on any atom is -0.492 e. The van der Waals surface area contributed by atoms with Crippen molar-refractivity contribution in [1.82, 2.24) is 4.90 Å². The van der Waals surface area contributed by atoms with E-state index in [0.717, 1.165) is 31.6 Å². The monoisotopic (exact) mass is 280 g/mol. The summed E-state index contributed by atoms with van der Waals surface area (Å²) in [5.41, 5.74) is 0.899. The number of likely N-dealkylation sites (tertiary alicyclic amines) is 1. The molecule has 1 aromatic rings. The van der Waals surface area contributed by atoms with Crippen molar-refractivity contribution in [2.75, 3.05) is 25.0 Å². The van der Waals surface area contributed by atoms with Gasteiger partial charge in [0.1, 0.15) is 11.6 Å². The van der Waals surface area contributed by atoms with Gasteiger partial charge in [0.25, 0.3) is 0 Å². The molecular weight excluding hydrogens is 255 g/mol. The van der Waals surface area contributed by atoms with Gasteiger partial charge in [-0.3, -0.25) is 0 Å². The fourth-order valence-electron chi connectivity index (χ4n) is 2.67. The number of anilines is 1. The molecule has 0 aliphatic carbocycles. The van der Waals surface area contributed by atoms with Gasteiger partial charge in [0.2, 0.25) is 0 Å². The first-order chi connectivity index (χ1) is 9.60. The highest BCUT2D eigenvalue weighted by Crippen LogP contribution is 2.28. The standard InChI is InChI=1S/C16H25FN2O/c1-4-20-16-11-13(17)5-6-15(16)18-14-7-9-19(10-8-14)12(2)3/h5-6,11-12,14,18H,4,7-10H2,1-3H3. The number of hydrogen-bond donors (Lipinski definition) is 1. The van der Waals surface area contributed by atoms with E-state index in [4.69, 9.17) is 4.74 Å². The third kappa shape index (κ3) is 3.85. The Labute approximate surface area is 121 Å². The lowest BCUT2D eigenvalue weighted by atomic mass is 10.0. The summed E-state index contributed by atoms with van der Waals surface area (Å²) in [6, 6.07) is 5.76. The van der Waals surface area contributed by atoms with Crippen LogP contribution in [0.25, 0.3) is 0 Å². The highest BCUT2D eigenvalue weighted by Gasteiger charge is 2.21. The molecule has 4 heteroatoms. The zero-order valence-electron chi connectivity index (χ0n) is 12.7. The summed E-state index contributed by atoms with van der Waals surface area (Å²) in [7, 11) is 0. The second-order valence-electron chi connectivity index (χ2n) is 5.62. The van der Waals surface area contributed by atoms with Crippen LogP contribution in [0.5, 0.6) is 5.75 Å². The predicted octanol–water partition coefficient (Wildman–Crippen LogP) is 3.51. The molecule has 1 N–H and O–H groups in total. The number of hydrogen-bond acceptors (Lipinski definition) is 3. The first kappa shape index (κ1) is 15.1. The van der Waals surface area contributed by atoms with E-state index in [1.54, 1.807) is 6.07 Å². The Morgan fingerprint density at radius 1 is 1.35 bits per heavy atom. The summed E-state index contributed by atoms with van der Waals surface area (Å²) in [5.74, 6) is 0.354. The van der Waals surface area contributed by atoms with Crippen LogP contribution in [0.1, 0.15) is 33.6 Å². The fourth-order valence-corrected chi connectivity index (χ4v) is 2.67. The third-order valence-corrected chi connectivity index (χ3v) is 3.86. The van der Waals surface area contributed by atoms with Gasteiger partial charge in [0.15, 0.2) is 0 Å². The van der Waals surface area contributed by atoms with Gasteiger partial charge in [0.05, 0.1) is 12.3 Å². The summed E-state index contributed by atoms with van der Waals surface area (Å²) in [6.07, 6.45) is 2.22. The van der Waals surface area contributed by atoms with Gasteiger partial charge in [-0.25, -0.2) is 4.39 Å². The first-order valence-corrected chi connectivity index (χ1v) is 7.53. The molecule has 0 saturated carbocycles. The Bertz CT molecular complexity index is 428. The number of halogens is 1. The molecule has 0 aromatic heterocycles. The van der Waals surface area contributed by atoms with Gasteiger partial charge in [-0.05, 0) is 45.7 Å². The van der Waals surface area contributed by atoms with Crippen molar-refractivity contribution in [2.45, 2.75) is 45.7 Å². The van der Waals surface area contributed by atoms with Crippen LogP contribution in [-0.4, -0.2) is 36.7 Å². The highest BCUT2D eigenvalue weighted by atomic mass is 19.1. The van der Waals surface area contributed by atoms with Crippen LogP contribution in [0.2, 0.25) is 0 Å². The molecule has 1 saturated heterocycles. The van der Waals surface area contributed by atoms with Crippen molar-refractivity contribution >= 4 is 5.69 Å². The van der Waals surface area contributed by atoms with Crippen LogP contribution in [0, 0.1) is 5.82 Å². The number of nitrogens with zero attached hydrogens (tertiary/aromatic N) is 1. The van der Waals surface area contributed by atoms with E-state index < -0.39 is 0 Å². The van der Waals surface area contributed by atoms with Crippen molar-refractivity contribution < 1.29 is 9.13 Å². The van der Waals surface area contributed by atoms with Crippen molar-refractivity contribution in [1.29, 1.82) is 0 Å². The molecule has 1 fully saturated rings. The Balaban J connectivity index is 1.97. The maximum absolute atomic E-state index is 13.3. The maximum Gasteiger partial charge on any atom is 0.145 e. The summed E-state index contributed by atoms with van der Waals surface area (Å²) in [5, 5.41) is 3.50. The summed E-state index contributed by atoms with van der Waals surface area (Å²) in [4.78, 5) is 2.49. The average Bonchev–Trinajstić information content (AvgIpc) is 2.43. The highest BCUT2D eigenvalue weighted by molar-refractivity contribution is 5.57. The van der Waals surface area contributed by atoms with Gasteiger partial charge in [-0.15, -0.1) is 0 Å². The molecular formula is C16H25FN2O. The lowest BCUT2D eigenvalue weighted by molar-refractivity contribution is 0.177. The number of benzene rings is 1. The van der Waals surface area contributed by atoms with Crippen LogP contribution in [0.4, 0.5) is 10.1 Å².